The summed E-state index contributed by atoms with van der Waals surface area (Å²) in [6.07, 6.45) is 2.44. The smallest absolute Gasteiger partial charge is 0.227 e. The van der Waals surface area contributed by atoms with Gasteiger partial charge in [-0.05, 0) is 51.9 Å². The van der Waals surface area contributed by atoms with Crippen LogP contribution in [-0.2, 0) is 9.59 Å². The van der Waals surface area contributed by atoms with Gasteiger partial charge >= 0.3 is 0 Å². The minimum Gasteiger partial charge on any atom is -0.355 e. The zero-order valence-corrected chi connectivity index (χ0v) is 14.6. The van der Waals surface area contributed by atoms with Crippen molar-refractivity contribution in [3.63, 3.8) is 0 Å². The highest BCUT2D eigenvalue weighted by Crippen LogP contribution is 2.30. The Morgan fingerprint density at radius 1 is 1.08 bits per heavy atom. The third-order valence-electron chi connectivity index (χ3n) is 4.52. The second-order valence-electron chi connectivity index (χ2n) is 6.76. The lowest BCUT2D eigenvalue weighted by Crippen LogP contribution is -2.38. The fourth-order valence-electron chi connectivity index (χ4n) is 2.99. The van der Waals surface area contributed by atoms with E-state index in [1.54, 1.807) is 0 Å². The molecule has 5 nitrogen and oxygen atoms in total. The Morgan fingerprint density at radius 2 is 1.68 bits per heavy atom. The number of nitrogens with one attached hydrogen (secondary N) is 2. The van der Waals surface area contributed by atoms with Crippen molar-refractivity contribution in [1.29, 1.82) is 0 Å². The van der Waals surface area contributed by atoms with Gasteiger partial charge in [-0.3, -0.25) is 9.59 Å². The van der Waals surface area contributed by atoms with Crippen molar-refractivity contribution in [3.05, 3.63) is 29.8 Å². The number of hydrogen-bond donors (Lipinski definition) is 2. The van der Waals surface area contributed by atoms with Crippen molar-refractivity contribution in [2.24, 2.45) is 11.8 Å². The van der Waals surface area contributed by atoms with Gasteiger partial charge in [0.1, 0.15) is 11.6 Å². The molecule has 25 heavy (non-hydrogen) atoms. The molecule has 0 unspecified atom stereocenters. The summed E-state index contributed by atoms with van der Waals surface area (Å²) in [6, 6.07) is 3.06. The van der Waals surface area contributed by atoms with Crippen LogP contribution in [0.25, 0.3) is 0 Å². The van der Waals surface area contributed by atoms with Gasteiger partial charge in [-0.1, -0.05) is 0 Å². The van der Waals surface area contributed by atoms with Crippen molar-refractivity contribution < 1.29 is 18.4 Å². The quantitative estimate of drug-likeness (QED) is 0.826. The van der Waals surface area contributed by atoms with E-state index in [4.69, 9.17) is 0 Å². The molecular weight excluding hydrogens is 328 g/mol. The van der Waals surface area contributed by atoms with E-state index in [2.05, 4.69) is 10.6 Å². The average Bonchev–Trinajstić information content (AvgIpc) is 2.57. The van der Waals surface area contributed by atoms with Crippen molar-refractivity contribution in [1.82, 2.24) is 10.2 Å². The van der Waals surface area contributed by atoms with Crippen LogP contribution in [0.2, 0.25) is 0 Å². The highest BCUT2D eigenvalue weighted by Gasteiger charge is 2.30. The molecule has 0 radical (unpaired) electrons. The molecule has 1 aromatic rings. The summed E-state index contributed by atoms with van der Waals surface area (Å²) >= 11 is 0. The van der Waals surface area contributed by atoms with Gasteiger partial charge in [0.05, 0.1) is 5.69 Å². The molecule has 138 valence electrons. The lowest BCUT2D eigenvalue weighted by Gasteiger charge is -2.27. The zero-order chi connectivity index (χ0) is 18.4. The molecule has 2 rings (SSSR count). The Balaban J connectivity index is 1.79. The topological polar surface area (TPSA) is 61.4 Å². The summed E-state index contributed by atoms with van der Waals surface area (Å²) in [5.74, 6) is -2.05. The molecule has 0 bridgehead atoms. The number of nitrogens with zero attached hydrogens (tertiary/aromatic N) is 1. The minimum atomic E-state index is -0.790. The molecule has 1 aliphatic rings. The van der Waals surface area contributed by atoms with E-state index in [0.717, 1.165) is 18.7 Å². The number of benzene rings is 1. The van der Waals surface area contributed by atoms with Gasteiger partial charge in [0.2, 0.25) is 11.8 Å². The van der Waals surface area contributed by atoms with Crippen molar-refractivity contribution in [3.8, 4) is 0 Å². The SMILES string of the molecule is CN(C)CCNC(=O)C1CCC(C(=O)Nc2ccc(F)cc2F)CC1. The monoisotopic (exact) mass is 353 g/mol. The van der Waals surface area contributed by atoms with Gasteiger partial charge in [0.15, 0.2) is 0 Å². The summed E-state index contributed by atoms with van der Waals surface area (Å²) in [5, 5.41) is 5.43. The Hall–Kier alpha value is -2.02. The van der Waals surface area contributed by atoms with Crippen LogP contribution < -0.4 is 10.6 Å². The van der Waals surface area contributed by atoms with Crippen molar-refractivity contribution in [2.45, 2.75) is 25.7 Å². The fourth-order valence-corrected chi connectivity index (χ4v) is 2.99. The summed E-state index contributed by atoms with van der Waals surface area (Å²) in [7, 11) is 3.89. The fraction of sp³-hybridized carbons (Fsp3) is 0.556. The summed E-state index contributed by atoms with van der Waals surface area (Å²) in [5.41, 5.74) is -0.0186. The van der Waals surface area contributed by atoms with E-state index >= 15 is 0 Å². The number of carbonyl (C=O) groups is 2. The standard InChI is InChI=1S/C18H25F2N3O2/c1-23(2)10-9-21-17(24)12-3-5-13(6-4-12)18(25)22-16-8-7-14(19)11-15(16)20/h7-8,11-13H,3-6,9-10H2,1-2H3,(H,21,24)(H,22,25). The van der Waals surface area contributed by atoms with Crippen LogP contribution in [0.4, 0.5) is 14.5 Å². The summed E-state index contributed by atoms with van der Waals surface area (Å²) in [4.78, 5) is 26.4. The first-order valence-corrected chi connectivity index (χ1v) is 8.55. The maximum atomic E-state index is 13.6. The molecule has 1 saturated carbocycles. The predicted molar refractivity (Wildman–Crippen MR) is 92.0 cm³/mol. The van der Waals surface area contributed by atoms with Crippen LogP contribution in [0.1, 0.15) is 25.7 Å². The summed E-state index contributed by atoms with van der Waals surface area (Å²) < 4.78 is 26.5. The number of amides is 2. The third kappa shape index (κ3) is 5.77. The van der Waals surface area contributed by atoms with E-state index in [0.29, 0.717) is 32.2 Å². The van der Waals surface area contributed by atoms with E-state index in [-0.39, 0.29) is 29.3 Å². The number of rotatable bonds is 6. The largest absolute Gasteiger partial charge is 0.355 e. The van der Waals surface area contributed by atoms with Gasteiger partial charge in [-0.15, -0.1) is 0 Å². The highest BCUT2D eigenvalue weighted by atomic mass is 19.1. The molecule has 1 fully saturated rings. The highest BCUT2D eigenvalue weighted by molar-refractivity contribution is 5.92. The van der Waals surface area contributed by atoms with Gasteiger partial charge in [-0.2, -0.15) is 0 Å². The van der Waals surface area contributed by atoms with Gasteiger partial charge in [0.25, 0.3) is 0 Å². The second kappa shape index (κ2) is 8.89. The lowest BCUT2D eigenvalue weighted by molar-refractivity contribution is -0.128. The minimum absolute atomic E-state index is 0.0186. The molecule has 7 heteroatoms. The number of halogens is 2. The zero-order valence-electron chi connectivity index (χ0n) is 14.6. The molecule has 0 aromatic heterocycles. The number of likely N-dealkylation sites (N-methyl/N-ethyl adjacent to an activating group) is 1. The van der Waals surface area contributed by atoms with Crippen molar-refractivity contribution in [2.75, 3.05) is 32.5 Å². The first kappa shape index (κ1) is 19.3. The molecule has 0 atom stereocenters. The molecule has 0 spiro atoms. The molecule has 2 amide bonds. The van der Waals surface area contributed by atoms with Crippen LogP contribution in [0.15, 0.2) is 18.2 Å². The van der Waals surface area contributed by atoms with Crippen molar-refractivity contribution >= 4 is 17.5 Å². The average molecular weight is 353 g/mol. The van der Waals surface area contributed by atoms with Crippen LogP contribution in [0.3, 0.4) is 0 Å². The number of carbonyl (C=O) groups excluding carboxylic acids is 2. The Kier molecular flexibility index (Phi) is 6.87. The normalized spacial score (nSPS) is 20.4. The Labute approximate surface area is 146 Å². The first-order valence-electron chi connectivity index (χ1n) is 8.55. The van der Waals surface area contributed by atoms with Gasteiger partial charge in [0, 0.05) is 31.0 Å². The van der Waals surface area contributed by atoms with Crippen LogP contribution >= 0.6 is 0 Å². The molecular formula is C18H25F2N3O2. The molecule has 0 heterocycles. The van der Waals surface area contributed by atoms with E-state index in [1.165, 1.54) is 6.07 Å². The van der Waals surface area contributed by atoms with Crippen LogP contribution in [-0.4, -0.2) is 43.9 Å². The molecule has 1 aromatic carbocycles. The maximum Gasteiger partial charge on any atom is 0.227 e. The maximum absolute atomic E-state index is 13.6. The van der Waals surface area contributed by atoms with E-state index in [1.807, 2.05) is 19.0 Å². The third-order valence-corrected chi connectivity index (χ3v) is 4.52. The van der Waals surface area contributed by atoms with Gasteiger partial charge < -0.3 is 15.5 Å². The lowest BCUT2D eigenvalue weighted by atomic mass is 9.81. The molecule has 1 aliphatic carbocycles. The van der Waals surface area contributed by atoms with Crippen LogP contribution in [0.5, 0.6) is 0 Å². The molecule has 0 aliphatic heterocycles. The number of anilines is 1. The van der Waals surface area contributed by atoms with E-state index in [9.17, 15) is 18.4 Å². The van der Waals surface area contributed by atoms with Crippen LogP contribution in [0, 0.1) is 23.5 Å². The molecule has 0 saturated heterocycles. The van der Waals surface area contributed by atoms with E-state index < -0.39 is 11.6 Å². The Morgan fingerprint density at radius 3 is 2.24 bits per heavy atom. The first-order chi connectivity index (χ1) is 11.9. The van der Waals surface area contributed by atoms with Gasteiger partial charge in [-0.25, -0.2) is 8.78 Å². The summed E-state index contributed by atoms with van der Waals surface area (Å²) in [6.45, 7) is 1.39. The second-order valence-corrected chi connectivity index (χ2v) is 6.76. The predicted octanol–water partition coefficient (Wildman–Crippen LogP) is 2.39. The molecule has 2 N–H and O–H groups in total. The Bertz CT molecular complexity index is 614. The number of hydrogen-bond acceptors (Lipinski definition) is 3.